The number of carbonyl (C=O) groups is 1. The first-order valence-electron chi connectivity index (χ1n) is 7.08. The minimum absolute atomic E-state index is 0.0179. The molecule has 1 aliphatic rings. The number of aromatic nitrogens is 1. The molecule has 1 saturated carbocycles. The molecule has 1 N–H and O–H groups in total. The Morgan fingerprint density at radius 2 is 1.95 bits per heavy atom. The lowest BCUT2D eigenvalue weighted by Gasteiger charge is -2.05. The van der Waals surface area contributed by atoms with Crippen molar-refractivity contribution in [1.82, 2.24) is 10.3 Å². The molecule has 0 bridgehead atoms. The van der Waals surface area contributed by atoms with Gasteiger partial charge in [0.25, 0.3) is 5.91 Å². The van der Waals surface area contributed by atoms with Crippen molar-refractivity contribution in [2.24, 2.45) is 5.92 Å². The van der Waals surface area contributed by atoms with Gasteiger partial charge in [0.15, 0.2) is 0 Å². The van der Waals surface area contributed by atoms with E-state index < -0.39 is 0 Å². The molecule has 1 fully saturated rings. The second-order valence-corrected chi connectivity index (χ2v) is 5.35. The number of nitrogens with one attached hydrogen (secondary N) is 1. The largest absolute Gasteiger partial charge is 0.352 e. The Hall–Kier alpha value is -2.16. The van der Waals surface area contributed by atoms with Crippen LogP contribution in [0.3, 0.4) is 0 Å². The molecule has 0 atom stereocenters. The number of carbonyl (C=O) groups excluding carboxylic acids is 1. The summed E-state index contributed by atoms with van der Waals surface area (Å²) in [4.78, 5) is 16.3. The van der Waals surface area contributed by atoms with Crippen LogP contribution >= 0.6 is 0 Å². The lowest BCUT2D eigenvalue weighted by Crippen LogP contribution is -2.25. The molecule has 1 aromatic heterocycles. The Morgan fingerprint density at radius 3 is 2.60 bits per heavy atom. The van der Waals surface area contributed by atoms with Crippen LogP contribution < -0.4 is 5.32 Å². The maximum atomic E-state index is 11.9. The first-order valence-corrected chi connectivity index (χ1v) is 7.08. The number of amides is 1. The summed E-state index contributed by atoms with van der Waals surface area (Å²) >= 11 is 0. The van der Waals surface area contributed by atoms with Crippen LogP contribution in [0.5, 0.6) is 0 Å². The first kappa shape index (κ1) is 12.9. The molecule has 1 amide bonds. The molecule has 2 aromatic rings. The van der Waals surface area contributed by atoms with E-state index in [1.54, 1.807) is 6.20 Å². The van der Waals surface area contributed by atoms with Crippen LogP contribution in [-0.2, 0) is 6.42 Å². The van der Waals surface area contributed by atoms with E-state index in [1.165, 1.54) is 18.4 Å². The van der Waals surface area contributed by atoms with Crippen molar-refractivity contribution in [1.29, 1.82) is 0 Å². The van der Waals surface area contributed by atoms with Gasteiger partial charge in [0.05, 0.1) is 5.56 Å². The van der Waals surface area contributed by atoms with Gasteiger partial charge in [-0.3, -0.25) is 9.78 Å². The second kappa shape index (κ2) is 5.87. The minimum atomic E-state index is -0.0179. The first-order chi connectivity index (χ1) is 9.81. The highest BCUT2D eigenvalue weighted by Gasteiger charge is 2.21. The highest BCUT2D eigenvalue weighted by molar-refractivity contribution is 5.93. The van der Waals surface area contributed by atoms with Crippen molar-refractivity contribution < 1.29 is 4.79 Å². The molecule has 3 heteroatoms. The fraction of sp³-hybridized carbons (Fsp3) is 0.294. The minimum Gasteiger partial charge on any atom is -0.352 e. The number of benzene rings is 1. The third-order valence-electron chi connectivity index (χ3n) is 3.56. The Balaban J connectivity index is 1.60. The second-order valence-electron chi connectivity index (χ2n) is 5.35. The molecule has 1 aromatic carbocycles. The predicted octanol–water partition coefficient (Wildman–Crippen LogP) is 2.81. The summed E-state index contributed by atoms with van der Waals surface area (Å²) in [6.45, 7) is 0.796. The zero-order valence-corrected chi connectivity index (χ0v) is 11.4. The average Bonchev–Trinajstić information content (AvgIpc) is 3.31. The van der Waals surface area contributed by atoms with Crippen LogP contribution in [0, 0.1) is 5.92 Å². The molecule has 0 aliphatic heterocycles. The highest BCUT2D eigenvalue weighted by atomic mass is 16.1. The zero-order valence-electron chi connectivity index (χ0n) is 11.4. The number of pyridine rings is 1. The van der Waals surface area contributed by atoms with E-state index in [0.29, 0.717) is 11.5 Å². The van der Waals surface area contributed by atoms with Gasteiger partial charge in [-0.25, -0.2) is 0 Å². The summed E-state index contributed by atoms with van der Waals surface area (Å²) < 4.78 is 0. The summed E-state index contributed by atoms with van der Waals surface area (Å²) in [6.07, 6.45) is 4.95. The predicted molar refractivity (Wildman–Crippen MR) is 78.5 cm³/mol. The van der Waals surface area contributed by atoms with E-state index in [-0.39, 0.29) is 5.91 Å². The molecule has 1 heterocycles. The van der Waals surface area contributed by atoms with Crippen molar-refractivity contribution in [2.45, 2.75) is 19.3 Å². The van der Waals surface area contributed by atoms with E-state index in [4.69, 9.17) is 0 Å². The maximum Gasteiger partial charge on any atom is 0.252 e. The Bertz CT molecular complexity index is 574. The van der Waals surface area contributed by atoms with Gasteiger partial charge in [-0.05, 0) is 36.5 Å². The van der Waals surface area contributed by atoms with Crippen LogP contribution in [0.15, 0.2) is 48.7 Å². The molecule has 3 nitrogen and oxygen atoms in total. The van der Waals surface area contributed by atoms with Crippen molar-refractivity contribution >= 4 is 5.91 Å². The van der Waals surface area contributed by atoms with Crippen molar-refractivity contribution in [3.8, 4) is 0 Å². The highest BCUT2D eigenvalue weighted by Crippen LogP contribution is 2.27. The molecule has 0 radical (unpaired) electrons. The van der Waals surface area contributed by atoms with E-state index in [1.807, 2.05) is 30.3 Å². The third-order valence-corrected chi connectivity index (χ3v) is 3.56. The van der Waals surface area contributed by atoms with E-state index in [9.17, 15) is 4.79 Å². The lowest BCUT2D eigenvalue weighted by atomic mass is 10.1. The molecule has 0 saturated heterocycles. The van der Waals surface area contributed by atoms with Gasteiger partial charge in [-0.15, -0.1) is 0 Å². The topological polar surface area (TPSA) is 42.0 Å². The van der Waals surface area contributed by atoms with Gasteiger partial charge in [0.1, 0.15) is 0 Å². The van der Waals surface area contributed by atoms with Gasteiger partial charge < -0.3 is 5.32 Å². The van der Waals surface area contributed by atoms with Gasteiger partial charge in [0.2, 0.25) is 0 Å². The number of rotatable bonds is 5. The fourth-order valence-corrected chi connectivity index (χ4v) is 2.13. The molecular formula is C17H18N2O. The number of nitrogens with zero attached hydrogens (tertiary/aromatic N) is 1. The van der Waals surface area contributed by atoms with Crippen molar-refractivity contribution in [3.05, 3.63) is 65.5 Å². The number of hydrogen-bond acceptors (Lipinski definition) is 2. The summed E-state index contributed by atoms with van der Waals surface area (Å²) in [5.74, 6) is 0.680. The van der Waals surface area contributed by atoms with Crippen LogP contribution in [0.25, 0.3) is 0 Å². The van der Waals surface area contributed by atoms with Crippen LogP contribution in [-0.4, -0.2) is 17.4 Å². The van der Waals surface area contributed by atoms with Crippen molar-refractivity contribution in [2.75, 3.05) is 6.54 Å². The normalized spacial score (nSPS) is 14.0. The van der Waals surface area contributed by atoms with E-state index in [0.717, 1.165) is 18.7 Å². The third kappa shape index (κ3) is 3.44. The fourth-order valence-electron chi connectivity index (χ4n) is 2.13. The maximum absolute atomic E-state index is 11.9. The van der Waals surface area contributed by atoms with Crippen LogP contribution in [0.2, 0.25) is 0 Å². The molecular weight excluding hydrogens is 248 g/mol. The smallest absolute Gasteiger partial charge is 0.252 e. The van der Waals surface area contributed by atoms with Gasteiger partial charge in [-0.2, -0.15) is 0 Å². The van der Waals surface area contributed by atoms with Crippen molar-refractivity contribution in [3.63, 3.8) is 0 Å². The van der Waals surface area contributed by atoms with Gasteiger partial charge >= 0.3 is 0 Å². The van der Waals surface area contributed by atoms with E-state index >= 15 is 0 Å². The monoisotopic (exact) mass is 266 g/mol. The molecule has 0 spiro atoms. The van der Waals surface area contributed by atoms with Crippen LogP contribution in [0.4, 0.5) is 0 Å². The van der Waals surface area contributed by atoms with Gasteiger partial charge in [-0.1, -0.05) is 30.3 Å². The summed E-state index contributed by atoms with van der Waals surface area (Å²) in [6, 6.07) is 14.0. The zero-order chi connectivity index (χ0) is 13.8. The SMILES string of the molecule is O=C(NCC1CC1)c1ccc(Cc2ccccc2)nc1. The summed E-state index contributed by atoms with van der Waals surface area (Å²) in [5.41, 5.74) is 2.85. The molecule has 102 valence electrons. The molecule has 3 rings (SSSR count). The standard InChI is InChI=1S/C17H18N2O/c20-17(19-11-14-6-7-14)15-8-9-16(18-12-15)10-13-4-2-1-3-5-13/h1-5,8-9,12,14H,6-7,10-11H2,(H,19,20). The lowest BCUT2D eigenvalue weighted by molar-refractivity contribution is 0.0951. The van der Waals surface area contributed by atoms with E-state index in [2.05, 4.69) is 22.4 Å². The Kier molecular flexibility index (Phi) is 3.77. The quantitative estimate of drug-likeness (QED) is 0.904. The molecule has 0 unspecified atom stereocenters. The average molecular weight is 266 g/mol. The molecule has 1 aliphatic carbocycles. The van der Waals surface area contributed by atoms with Gasteiger partial charge in [0, 0.05) is 24.9 Å². The molecule has 20 heavy (non-hydrogen) atoms. The Morgan fingerprint density at radius 1 is 1.15 bits per heavy atom. The Labute approximate surface area is 119 Å². The summed E-state index contributed by atoms with van der Waals surface area (Å²) in [5, 5.41) is 2.95. The summed E-state index contributed by atoms with van der Waals surface area (Å²) in [7, 11) is 0. The number of hydrogen-bond donors (Lipinski definition) is 1. The van der Waals surface area contributed by atoms with Crippen LogP contribution in [0.1, 0.15) is 34.5 Å².